The fraction of sp³-hybridized carbons (Fsp3) is 0.650. The van der Waals surface area contributed by atoms with Crippen molar-refractivity contribution in [2.75, 3.05) is 0 Å². The zero-order chi connectivity index (χ0) is 17.2. The summed E-state index contributed by atoms with van der Waals surface area (Å²) < 4.78 is 0. The van der Waals surface area contributed by atoms with E-state index in [4.69, 9.17) is 5.11 Å². The number of hydrogen-bond acceptors (Lipinski definition) is 3. The quantitative estimate of drug-likeness (QED) is 0.787. The molecule has 0 saturated heterocycles. The van der Waals surface area contributed by atoms with Crippen LogP contribution in [0.3, 0.4) is 0 Å². The van der Waals surface area contributed by atoms with Crippen LogP contribution in [0.4, 0.5) is 0 Å². The Hall–Kier alpha value is -1.39. The molecule has 2 aliphatic carbocycles. The van der Waals surface area contributed by atoms with Crippen LogP contribution in [0.1, 0.15) is 80.9 Å². The van der Waals surface area contributed by atoms with Gasteiger partial charge in [0.05, 0.1) is 17.6 Å². The molecule has 0 atom stereocenters. The van der Waals surface area contributed by atoms with E-state index in [0.29, 0.717) is 31.2 Å². The molecular weight excluding hydrogens is 304 g/mol. The van der Waals surface area contributed by atoms with Crippen LogP contribution in [0.15, 0.2) is 18.2 Å². The van der Waals surface area contributed by atoms with E-state index < -0.39 is 17.2 Å². The van der Waals surface area contributed by atoms with Gasteiger partial charge in [0.1, 0.15) is 0 Å². The smallest absolute Gasteiger partial charge is 0.307 e. The zero-order valence-electron chi connectivity index (χ0n) is 14.3. The lowest BCUT2D eigenvalue weighted by atomic mass is 9.71. The van der Waals surface area contributed by atoms with Crippen molar-refractivity contribution in [1.29, 1.82) is 0 Å². The minimum Gasteiger partial charge on any atom is -0.481 e. The third-order valence-electron chi connectivity index (χ3n) is 5.80. The Bertz CT molecular complexity index is 596. The van der Waals surface area contributed by atoms with Crippen LogP contribution in [0.5, 0.6) is 0 Å². The number of carboxylic acids is 1. The van der Waals surface area contributed by atoms with Crippen molar-refractivity contribution in [2.45, 2.75) is 81.8 Å². The molecule has 0 aliphatic heterocycles. The predicted molar refractivity (Wildman–Crippen MR) is 91.7 cm³/mol. The van der Waals surface area contributed by atoms with E-state index in [1.54, 1.807) is 6.07 Å². The number of hydrogen-bond donors (Lipinski definition) is 3. The second kappa shape index (κ2) is 6.85. The Morgan fingerprint density at radius 3 is 1.83 bits per heavy atom. The summed E-state index contributed by atoms with van der Waals surface area (Å²) in [6.45, 7) is 0. The number of carboxylic acid groups (broad SMARTS) is 1. The van der Waals surface area contributed by atoms with Gasteiger partial charge in [-0.1, -0.05) is 56.7 Å². The minimum absolute atomic E-state index is 0.0538. The van der Waals surface area contributed by atoms with E-state index in [-0.39, 0.29) is 6.42 Å². The first-order valence-corrected chi connectivity index (χ1v) is 9.23. The Morgan fingerprint density at radius 1 is 0.833 bits per heavy atom. The number of carbonyl (C=O) groups is 1. The van der Waals surface area contributed by atoms with E-state index in [0.717, 1.165) is 49.7 Å². The monoisotopic (exact) mass is 332 g/mol. The maximum Gasteiger partial charge on any atom is 0.307 e. The van der Waals surface area contributed by atoms with Crippen molar-refractivity contribution >= 4 is 5.97 Å². The molecule has 0 unspecified atom stereocenters. The number of aliphatic carboxylic acids is 1. The van der Waals surface area contributed by atoms with Gasteiger partial charge in [0.15, 0.2) is 0 Å². The Balaban J connectivity index is 2.05. The maximum absolute atomic E-state index is 11.3. The summed E-state index contributed by atoms with van der Waals surface area (Å²) in [6.07, 6.45) is 8.94. The van der Waals surface area contributed by atoms with Crippen LogP contribution in [-0.4, -0.2) is 21.3 Å². The summed E-state index contributed by atoms with van der Waals surface area (Å²) in [4.78, 5) is 11.1. The molecule has 2 fully saturated rings. The lowest BCUT2D eigenvalue weighted by molar-refractivity contribution is -0.136. The van der Waals surface area contributed by atoms with E-state index in [1.165, 1.54) is 0 Å². The molecule has 132 valence electrons. The summed E-state index contributed by atoms with van der Waals surface area (Å²) >= 11 is 0. The Kier molecular flexibility index (Phi) is 4.97. The van der Waals surface area contributed by atoms with Crippen LogP contribution in [-0.2, 0) is 22.4 Å². The van der Waals surface area contributed by atoms with Gasteiger partial charge in [-0.2, -0.15) is 0 Å². The van der Waals surface area contributed by atoms with Gasteiger partial charge in [-0.3, -0.25) is 4.79 Å². The molecule has 0 spiro atoms. The Labute approximate surface area is 143 Å². The summed E-state index contributed by atoms with van der Waals surface area (Å²) in [6, 6.07) is 5.50. The molecule has 3 N–H and O–H groups in total. The second-order valence-corrected chi connectivity index (χ2v) is 7.63. The summed E-state index contributed by atoms with van der Waals surface area (Å²) in [7, 11) is 0. The molecule has 0 bridgehead atoms. The summed E-state index contributed by atoms with van der Waals surface area (Å²) in [5, 5.41) is 31.6. The number of rotatable bonds is 4. The molecule has 24 heavy (non-hydrogen) atoms. The first-order chi connectivity index (χ1) is 11.4. The van der Waals surface area contributed by atoms with E-state index in [1.807, 2.05) is 12.1 Å². The second-order valence-electron chi connectivity index (χ2n) is 7.63. The zero-order valence-corrected chi connectivity index (χ0v) is 14.3. The largest absolute Gasteiger partial charge is 0.481 e. The molecule has 0 amide bonds. The standard InChI is InChI=1S/C20H28O4/c21-18(22)14-15-7-8-16(19(23)9-3-1-4-10-19)17(13-15)20(24)11-5-2-6-12-20/h7-8,13,23-24H,1-6,9-12,14H2,(H,21,22). The van der Waals surface area contributed by atoms with Crippen molar-refractivity contribution < 1.29 is 20.1 Å². The lowest BCUT2D eigenvalue weighted by Gasteiger charge is -2.40. The topological polar surface area (TPSA) is 77.8 Å². The molecule has 1 aromatic rings. The van der Waals surface area contributed by atoms with Crippen molar-refractivity contribution in [1.82, 2.24) is 0 Å². The molecular formula is C20H28O4. The molecule has 4 heteroatoms. The first-order valence-electron chi connectivity index (χ1n) is 9.23. The average Bonchev–Trinajstić information content (AvgIpc) is 2.55. The highest BCUT2D eigenvalue weighted by Gasteiger charge is 2.40. The van der Waals surface area contributed by atoms with Gasteiger partial charge in [0.25, 0.3) is 0 Å². The highest BCUT2D eigenvalue weighted by molar-refractivity contribution is 5.70. The molecule has 0 aromatic heterocycles. The average molecular weight is 332 g/mol. The lowest BCUT2D eigenvalue weighted by Crippen LogP contribution is -2.36. The molecule has 1 aromatic carbocycles. The van der Waals surface area contributed by atoms with Crippen LogP contribution in [0.2, 0.25) is 0 Å². The fourth-order valence-electron chi connectivity index (χ4n) is 4.48. The van der Waals surface area contributed by atoms with Crippen LogP contribution in [0.25, 0.3) is 0 Å². The third-order valence-corrected chi connectivity index (χ3v) is 5.80. The van der Waals surface area contributed by atoms with E-state index in [9.17, 15) is 15.0 Å². The minimum atomic E-state index is -0.935. The molecule has 3 rings (SSSR count). The van der Waals surface area contributed by atoms with Gasteiger partial charge in [0.2, 0.25) is 0 Å². The van der Waals surface area contributed by atoms with Gasteiger partial charge in [-0.25, -0.2) is 0 Å². The van der Waals surface area contributed by atoms with E-state index >= 15 is 0 Å². The van der Waals surface area contributed by atoms with Gasteiger partial charge in [-0.15, -0.1) is 0 Å². The van der Waals surface area contributed by atoms with Crippen molar-refractivity contribution in [3.63, 3.8) is 0 Å². The highest BCUT2D eigenvalue weighted by Crippen LogP contribution is 2.45. The molecule has 2 saturated carbocycles. The predicted octanol–water partition coefficient (Wildman–Crippen LogP) is 3.62. The van der Waals surface area contributed by atoms with E-state index in [2.05, 4.69) is 0 Å². The van der Waals surface area contributed by atoms with Crippen LogP contribution >= 0.6 is 0 Å². The van der Waals surface area contributed by atoms with Gasteiger partial charge in [-0.05, 0) is 42.4 Å². The highest BCUT2D eigenvalue weighted by atomic mass is 16.4. The maximum atomic E-state index is 11.3. The number of aliphatic hydroxyl groups is 2. The van der Waals surface area contributed by atoms with Gasteiger partial charge < -0.3 is 15.3 Å². The SMILES string of the molecule is O=C(O)Cc1ccc(C2(O)CCCCC2)c(C2(O)CCCCC2)c1. The summed E-state index contributed by atoms with van der Waals surface area (Å²) in [5.74, 6) is -0.874. The van der Waals surface area contributed by atoms with Gasteiger partial charge in [0, 0.05) is 0 Å². The molecule has 0 radical (unpaired) electrons. The van der Waals surface area contributed by atoms with Crippen molar-refractivity contribution in [2.24, 2.45) is 0 Å². The first kappa shape index (κ1) is 17.4. The normalized spacial score (nSPS) is 22.9. The molecule has 2 aliphatic rings. The van der Waals surface area contributed by atoms with Crippen molar-refractivity contribution in [3.8, 4) is 0 Å². The Morgan fingerprint density at radius 2 is 1.33 bits per heavy atom. The van der Waals surface area contributed by atoms with Crippen LogP contribution < -0.4 is 0 Å². The van der Waals surface area contributed by atoms with Gasteiger partial charge >= 0.3 is 5.97 Å². The fourth-order valence-corrected chi connectivity index (χ4v) is 4.48. The van der Waals surface area contributed by atoms with Crippen molar-refractivity contribution in [3.05, 3.63) is 34.9 Å². The molecule has 4 nitrogen and oxygen atoms in total. The number of benzene rings is 1. The third kappa shape index (κ3) is 3.50. The molecule has 0 heterocycles. The van der Waals surface area contributed by atoms with Crippen LogP contribution in [0, 0.1) is 0 Å². The summed E-state index contributed by atoms with van der Waals surface area (Å²) in [5.41, 5.74) is 0.461.